The molecule has 0 unspecified atom stereocenters. The molecule has 1 aromatic carbocycles. The standard InChI is InChI=1S/C21H28N4O3/c1-16(2)23-21(27)20(26)22-15-18(19-9-6-14-28-19)25-12-10-24(11-13-25)17-7-4-3-5-8-17/h3-9,14,16,18H,10-13,15H2,1-2H3,(H,22,26)(H,23,27)/t18-/m0/s1. The van der Waals surface area contributed by atoms with Crippen LogP contribution in [0.2, 0.25) is 0 Å². The van der Waals surface area contributed by atoms with E-state index in [0.717, 1.165) is 31.9 Å². The first kappa shape index (κ1) is 19.9. The molecule has 2 N–H and O–H groups in total. The predicted molar refractivity (Wildman–Crippen MR) is 108 cm³/mol. The second-order valence-corrected chi connectivity index (χ2v) is 7.23. The lowest BCUT2D eigenvalue weighted by Gasteiger charge is -2.39. The first-order chi connectivity index (χ1) is 13.5. The van der Waals surface area contributed by atoms with Gasteiger partial charge >= 0.3 is 11.8 Å². The van der Waals surface area contributed by atoms with Crippen molar-refractivity contribution in [2.45, 2.75) is 25.9 Å². The molecule has 1 aliphatic heterocycles. The van der Waals surface area contributed by atoms with Crippen LogP contribution >= 0.6 is 0 Å². The molecule has 1 aromatic heterocycles. The quantitative estimate of drug-likeness (QED) is 0.743. The van der Waals surface area contributed by atoms with Gasteiger partial charge in [-0.1, -0.05) is 18.2 Å². The molecule has 1 fully saturated rings. The SMILES string of the molecule is CC(C)NC(=O)C(=O)NC[C@@H](c1ccco1)N1CCN(c2ccccc2)CC1. The van der Waals surface area contributed by atoms with E-state index < -0.39 is 11.8 Å². The number of benzene rings is 1. The zero-order valence-electron chi connectivity index (χ0n) is 16.4. The highest BCUT2D eigenvalue weighted by molar-refractivity contribution is 6.35. The van der Waals surface area contributed by atoms with Gasteiger partial charge in [0, 0.05) is 44.5 Å². The molecule has 150 valence electrons. The summed E-state index contributed by atoms with van der Waals surface area (Å²) >= 11 is 0. The number of nitrogens with one attached hydrogen (secondary N) is 2. The van der Waals surface area contributed by atoms with Crippen molar-refractivity contribution in [2.75, 3.05) is 37.6 Å². The van der Waals surface area contributed by atoms with Crippen molar-refractivity contribution in [3.8, 4) is 0 Å². The number of nitrogens with zero attached hydrogens (tertiary/aromatic N) is 2. The number of anilines is 1. The summed E-state index contributed by atoms with van der Waals surface area (Å²) in [4.78, 5) is 28.6. The summed E-state index contributed by atoms with van der Waals surface area (Å²) in [5.41, 5.74) is 1.22. The zero-order valence-corrected chi connectivity index (χ0v) is 16.4. The molecule has 7 nitrogen and oxygen atoms in total. The number of piperazine rings is 1. The summed E-state index contributed by atoms with van der Waals surface area (Å²) in [7, 11) is 0. The highest BCUT2D eigenvalue weighted by Crippen LogP contribution is 2.24. The van der Waals surface area contributed by atoms with Crippen LogP contribution < -0.4 is 15.5 Å². The highest BCUT2D eigenvalue weighted by atomic mass is 16.3. The molecule has 2 amide bonds. The Morgan fingerprint density at radius 1 is 1.00 bits per heavy atom. The van der Waals surface area contributed by atoms with E-state index in [1.807, 2.05) is 44.2 Å². The molecule has 7 heteroatoms. The zero-order chi connectivity index (χ0) is 19.9. The number of amides is 2. The van der Waals surface area contributed by atoms with E-state index in [4.69, 9.17) is 4.42 Å². The molecule has 2 aromatic rings. The average Bonchev–Trinajstić information content (AvgIpc) is 3.23. The van der Waals surface area contributed by atoms with E-state index in [9.17, 15) is 9.59 Å². The van der Waals surface area contributed by atoms with Gasteiger partial charge in [0.25, 0.3) is 0 Å². The fourth-order valence-electron chi connectivity index (χ4n) is 3.42. The van der Waals surface area contributed by atoms with Crippen molar-refractivity contribution in [1.82, 2.24) is 15.5 Å². The highest BCUT2D eigenvalue weighted by Gasteiger charge is 2.28. The number of furan rings is 1. The molecule has 0 radical (unpaired) electrons. The largest absolute Gasteiger partial charge is 0.468 e. The van der Waals surface area contributed by atoms with Crippen LogP contribution in [-0.2, 0) is 9.59 Å². The Morgan fingerprint density at radius 3 is 2.32 bits per heavy atom. The first-order valence-corrected chi connectivity index (χ1v) is 9.70. The Labute approximate surface area is 165 Å². The summed E-state index contributed by atoms with van der Waals surface area (Å²) in [6.07, 6.45) is 1.63. The molecule has 1 aliphatic rings. The van der Waals surface area contributed by atoms with Crippen LogP contribution in [0.4, 0.5) is 5.69 Å². The van der Waals surface area contributed by atoms with Crippen LogP contribution in [0.25, 0.3) is 0 Å². The van der Waals surface area contributed by atoms with E-state index in [1.165, 1.54) is 5.69 Å². The monoisotopic (exact) mass is 384 g/mol. The molecule has 3 rings (SSSR count). The minimum Gasteiger partial charge on any atom is -0.468 e. The van der Waals surface area contributed by atoms with Gasteiger partial charge in [-0.25, -0.2) is 0 Å². The summed E-state index contributed by atoms with van der Waals surface area (Å²) < 4.78 is 5.61. The summed E-state index contributed by atoms with van der Waals surface area (Å²) in [6.45, 7) is 7.43. The maximum absolute atomic E-state index is 12.1. The fraction of sp³-hybridized carbons (Fsp3) is 0.429. The van der Waals surface area contributed by atoms with Crippen LogP contribution in [-0.4, -0.2) is 55.5 Å². The lowest BCUT2D eigenvalue weighted by Crippen LogP contribution is -2.51. The lowest BCUT2D eigenvalue weighted by molar-refractivity contribution is -0.139. The normalized spacial score (nSPS) is 16.0. The molecule has 28 heavy (non-hydrogen) atoms. The van der Waals surface area contributed by atoms with Crippen molar-refractivity contribution in [3.63, 3.8) is 0 Å². The van der Waals surface area contributed by atoms with Crippen LogP contribution in [0.1, 0.15) is 25.6 Å². The number of rotatable bonds is 6. The van der Waals surface area contributed by atoms with Crippen LogP contribution in [0, 0.1) is 0 Å². The van der Waals surface area contributed by atoms with Crippen LogP contribution in [0.5, 0.6) is 0 Å². The molecule has 2 heterocycles. The molecule has 0 bridgehead atoms. The molecule has 0 spiro atoms. The molecule has 0 saturated carbocycles. The maximum atomic E-state index is 12.1. The summed E-state index contributed by atoms with van der Waals surface area (Å²) in [6, 6.07) is 13.9. The fourth-order valence-corrected chi connectivity index (χ4v) is 3.42. The molecular weight excluding hydrogens is 356 g/mol. The second-order valence-electron chi connectivity index (χ2n) is 7.23. The number of hydrogen-bond donors (Lipinski definition) is 2. The van der Waals surface area contributed by atoms with Crippen molar-refractivity contribution < 1.29 is 14.0 Å². The van der Waals surface area contributed by atoms with Crippen LogP contribution in [0.3, 0.4) is 0 Å². The third-order valence-electron chi connectivity index (χ3n) is 4.83. The van der Waals surface area contributed by atoms with E-state index >= 15 is 0 Å². The molecule has 1 saturated heterocycles. The molecule has 1 atom stereocenters. The van der Waals surface area contributed by atoms with Gasteiger partial charge in [-0.3, -0.25) is 14.5 Å². The Hall–Kier alpha value is -2.80. The van der Waals surface area contributed by atoms with Crippen molar-refractivity contribution in [2.24, 2.45) is 0 Å². The molecular formula is C21H28N4O3. The first-order valence-electron chi connectivity index (χ1n) is 9.70. The van der Waals surface area contributed by atoms with Gasteiger partial charge in [0.1, 0.15) is 5.76 Å². The van der Waals surface area contributed by atoms with Gasteiger partial charge in [0.2, 0.25) is 0 Å². The minimum atomic E-state index is -0.617. The topological polar surface area (TPSA) is 77.8 Å². The third kappa shape index (κ3) is 5.13. The Balaban J connectivity index is 1.60. The van der Waals surface area contributed by atoms with Crippen molar-refractivity contribution in [3.05, 3.63) is 54.5 Å². The number of hydrogen-bond acceptors (Lipinski definition) is 5. The predicted octanol–water partition coefficient (Wildman–Crippen LogP) is 1.78. The average molecular weight is 384 g/mol. The third-order valence-corrected chi connectivity index (χ3v) is 4.83. The Morgan fingerprint density at radius 2 is 1.71 bits per heavy atom. The summed E-state index contributed by atoms with van der Waals surface area (Å²) in [5, 5.41) is 5.36. The van der Waals surface area contributed by atoms with Gasteiger partial charge in [-0.15, -0.1) is 0 Å². The smallest absolute Gasteiger partial charge is 0.309 e. The minimum absolute atomic E-state index is 0.0785. The van der Waals surface area contributed by atoms with E-state index in [2.05, 4.69) is 32.6 Å². The number of carbonyl (C=O) groups is 2. The Kier molecular flexibility index (Phi) is 6.71. The number of carbonyl (C=O) groups excluding carboxylic acids is 2. The number of para-hydroxylation sites is 1. The maximum Gasteiger partial charge on any atom is 0.309 e. The van der Waals surface area contributed by atoms with Crippen LogP contribution in [0.15, 0.2) is 53.1 Å². The lowest BCUT2D eigenvalue weighted by atomic mass is 10.1. The van der Waals surface area contributed by atoms with Gasteiger partial charge in [-0.05, 0) is 38.1 Å². The van der Waals surface area contributed by atoms with Gasteiger partial charge in [-0.2, -0.15) is 0 Å². The van der Waals surface area contributed by atoms with Gasteiger partial charge in [0.05, 0.1) is 12.3 Å². The van der Waals surface area contributed by atoms with Gasteiger partial charge in [0.15, 0.2) is 0 Å². The van der Waals surface area contributed by atoms with E-state index in [1.54, 1.807) is 6.26 Å². The molecule has 0 aliphatic carbocycles. The summed E-state index contributed by atoms with van der Waals surface area (Å²) in [5.74, 6) is -0.437. The van der Waals surface area contributed by atoms with Crippen molar-refractivity contribution in [1.29, 1.82) is 0 Å². The van der Waals surface area contributed by atoms with E-state index in [0.29, 0.717) is 6.54 Å². The second kappa shape index (κ2) is 9.41. The Bertz CT molecular complexity index is 753. The van der Waals surface area contributed by atoms with Crippen molar-refractivity contribution >= 4 is 17.5 Å². The van der Waals surface area contributed by atoms with Gasteiger partial charge < -0.3 is 20.0 Å². The van der Waals surface area contributed by atoms with E-state index in [-0.39, 0.29) is 12.1 Å².